The van der Waals surface area contributed by atoms with Crippen molar-refractivity contribution in [3.05, 3.63) is 334 Å². The Morgan fingerprint density at radius 2 is 0.438 bits per heavy atom. The van der Waals surface area contributed by atoms with Crippen molar-refractivity contribution >= 4 is 95.6 Å². The van der Waals surface area contributed by atoms with Gasteiger partial charge in [0, 0.05) is 26.8 Å². The number of halogens is 6. The lowest BCUT2D eigenvalue weighted by atomic mass is 9.54. The van der Waals surface area contributed by atoms with Crippen LogP contribution in [0.3, 0.4) is 0 Å². The van der Waals surface area contributed by atoms with Gasteiger partial charge in [0.1, 0.15) is 0 Å². The number of rotatable bonds is 1. The van der Waals surface area contributed by atoms with Crippen LogP contribution in [-0.2, 0) is 51.4 Å². The Kier molecular flexibility index (Phi) is 25.7. The first-order valence-electron chi connectivity index (χ1n) is 58.6. The number of benzene rings is 8. The summed E-state index contributed by atoms with van der Waals surface area (Å²) >= 11 is 21.3. The van der Waals surface area contributed by atoms with E-state index >= 15 is 0 Å². The molecule has 0 N–H and O–H groups in total. The molecule has 0 spiro atoms. The standard InChI is InChI=1S/C36H44.2C24H26.C21H30.2C10H12Br2.C8H8Br2.C7H8/c1-13-14(2)18(6)32-31(17(13)5)35-27-12-28(36(32)35)34-26(27)11-25-24-10-23-21-9-22(16(4)15(21)3)33(23)29(24)19(7)20(8)30(25)34;1-11-17-9-19-13-4-6-16(8-13)24(19)22(17)12(2)18-10-20-14-3-5-15(7-14)23(20)21(11)18;1-11-12(2)22-20(10-18-14-4-6-16(8-14)24(18)22)19-9-17-13-3-5-15(7-13)23(17)21(11)19;1-7-15-10(2)12(4)17-9-19-16-8-18(13(5)11(16)3)21(19)20(17)14(15)6;2*1-5-6(2)10(12)8(4)7(3)9(5)11;1-5-3-8(10)6(2)4-7(5)9;1-2-7-4-3-6(1)5-7/h15-16,21-23,26-28,33-36H,9-12H2,1-8H3;3-6,13-16,19-20,23-24H,7-10H2,1-2H3;3-6,13-18,23-24H,7-10H2,1-2H3;11,13,16,18-19,21H,7-9H2,1-6H3;2*1-4H3;3-4H,1-2H3;1-4,6-7H,5H2. The van der Waals surface area contributed by atoms with E-state index in [2.05, 4.69) is 374 Å². The number of aryl methyl sites for hydroxylation is 2. The molecule has 0 amide bonds. The molecular formula is C140H166Br6. The fourth-order valence-electron chi connectivity index (χ4n) is 40.8. The molecule has 10 saturated carbocycles. The molecule has 34 atom stereocenters. The van der Waals surface area contributed by atoms with Crippen molar-refractivity contribution in [3.8, 4) is 0 Å². The maximum Gasteiger partial charge on any atom is 0.0239 e. The Morgan fingerprint density at radius 3 is 0.760 bits per heavy atom. The molecule has 16 bridgehead atoms. The molecule has 768 valence electrons. The van der Waals surface area contributed by atoms with Crippen molar-refractivity contribution < 1.29 is 0 Å². The summed E-state index contributed by atoms with van der Waals surface area (Å²) in [6, 6.07) is 4.22. The average Bonchev–Trinajstić information content (AvgIpc) is 1.49. The highest BCUT2D eigenvalue weighted by Crippen LogP contribution is 2.79. The van der Waals surface area contributed by atoms with Gasteiger partial charge >= 0.3 is 0 Å². The van der Waals surface area contributed by atoms with Crippen molar-refractivity contribution in [1.82, 2.24) is 0 Å². The summed E-state index contributed by atoms with van der Waals surface area (Å²) in [6.07, 6.45) is 52.3. The summed E-state index contributed by atoms with van der Waals surface area (Å²) in [5, 5.41) is 0. The largest absolute Gasteiger partial charge is 0.0848 e. The second-order valence-electron chi connectivity index (χ2n) is 53.7. The van der Waals surface area contributed by atoms with Crippen LogP contribution in [0.2, 0.25) is 0 Å². The van der Waals surface area contributed by atoms with Crippen LogP contribution >= 0.6 is 95.6 Å². The zero-order valence-corrected chi connectivity index (χ0v) is 103. The number of hydrogen-bond acceptors (Lipinski definition) is 0. The highest BCUT2D eigenvalue weighted by atomic mass is 79.9. The van der Waals surface area contributed by atoms with Gasteiger partial charge in [-0.25, -0.2) is 0 Å². The predicted octanol–water partition coefficient (Wildman–Crippen LogP) is 38.8. The van der Waals surface area contributed by atoms with Crippen LogP contribution in [-0.4, -0.2) is 0 Å². The molecular weight excluding hydrogens is 2160 g/mol. The van der Waals surface area contributed by atoms with Gasteiger partial charge in [-0.05, 0) is 710 Å². The minimum Gasteiger partial charge on any atom is -0.0848 e. The first-order chi connectivity index (χ1) is 69.6. The lowest BCUT2D eigenvalue weighted by Crippen LogP contribution is -2.38. The van der Waals surface area contributed by atoms with Crippen molar-refractivity contribution in [3.63, 3.8) is 0 Å². The molecule has 0 heterocycles. The third-order valence-corrected chi connectivity index (χ3v) is 55.8. The van der Waals surface area contributed by atoms with Crippen LogP contribution in [0.1, 0.15) is 362 Å². The molecule has 0 saturated heterocycles. The Morgan fingerprint density at radius 1 is 0.192 bits per heavy atom. The molecule has 0 nitrogen and oxygen atoms in total. The average molecular weight is 2330 g/mol. The minimum atomic E-state index is 0.810. The van der Waals surface area contributed by atoms with Crippen molar-refractivity contribution in [2.75, 3.05) is 0 Å². The third-order valence-electron chi connectivity index (χ3n) is 49.3. The maximum atomic E-state index is 3.59. The quantitative estimate of drug-likeness (QED) is 0.114. The molecule has 24 aliphatic carbocycles. The van der Waals surface area contributed by atoms with Gasteiger partial charge in [0.25, 0.3) is 0 Å². The zero-order valence-electron chi connectivity index (χ0n) is 93.4. The zero-order chi connectivity index (χ0) is 103. The number of fused-ring (bicyclic) bond motifs is 59. The summed E-state index contributed by atoms with van der Waals surface area (Å²) in [4.78, 5) is 0. The molecule has 32 rings (SSSR count). The van der Waals surface area contributed by atoms with Crippen LogP contribution < -0.4 is 0 Å². The lowest BCUT2D eigenvalue weighted by molar-refractivity contribution is 0.172. The fraction of sp³-hybridized carbons (Fsp3) is 0.571. The van der Waals surface area contributed by atoms with E-state index in [4.69, 9.17) is 0 Å². The Balaban J connectivity index is 0.0000000911. The van der Waals surface area contributed by atoms with Gasteiger partial charge < -0.3 is 0 Å². The van der Waals surface area contributed by atoms with E-state index in [9.17, 15) is 0 Å². The van der Waals surface area contributed by atoms with Gasteiger partial charge in [-0.15, -0.1) is 0 Å². The van der Waals surface area contributed by atoms with E-state index in [0.717, 1.165) is 213 Å². The van der Waals surface area contributed by atoms with Crippen molar-refractivity contribution in [2.45, 2.75) is 350 Å². The van der Waals surface area contributed by atoms with Gasteiger partial charge in [-0.1, -0.05) is 203 Å². The molecule has 34 unspecified atom stereocenters. The first-order valence-corrected chi connectivity index (χ1v) is 63.4. The minimum absolute atomic E-state index is 0.810. The normalized spacial score (nSPS) is 37.0. The molecule has 0 radical (unpaired) electrons. The monoisotopic (exact) mass is 2320 g/mol. The van der Waals surface area contributed by atoms with Crippen LogP contribution in [0.25, 0.3) is 0 Å². The highest BCUT2D eigenvalue weighted by Gasteiger charge is 2.69. The summed E-state index contributed by atoms with van der Waals surface area (Å²) < 4.78 is 7.30. The van der Waals surface area contributed by atoms with Gasteiger partial charge in [0.15, 0.2) is 0 Å². The highest BCUT2D eigenvalue weighted by molar-refractivity contribution is 9.11. The fourth-order valence-corrected chi connectivity index (χ4v) is 44.1. The molecule has 6 heteroatoms. The second kappa shape index (κ2) is 36.9. The predicted molar refractivity (Wildman–Crippen MR) is 635 cm³/mol. The Hall–Kier alpha value is -4.92. The summed E-state index contributed by atoms with van der Waals surface area (Å²) in [6.45, 7) is 65.6. The smallest absolute Gasteiger partial charge is 0.0239 e. The topological polar surface area (TPSA) is 0 Å². The van der Waals surface area contributed by atoms with Gasteiger partial charge in [0.2, 0.25) is 0 Å². The van der Waals surface area contributed by atoms with E-state index < -0.39 is 0 Å². The van der Waals surface area contributed by atoms with E-state index in [1.807, 2.05) is 72.3 Å². The van der Waals surface area contributed by atoms with Crippen LogP contribution in [0, 0.1) is 319 Å². The third kappa shape index (κ3) is 14.5. The summed E-state index contributed by atoms with van der Waals surface area (Å²) in [5.74, 6) is 32.7. The molecule has 8 aromatic rings. The van der Waals surface area contributed by atoms with Crippen LogP contribution in [0.4, 0.5) is 0 Å². The van der Waals surface area contributed by atoms with Crippen LogP contribution in [0.5, 0.6) is 0 Å². The van der Waals surface area contributed by atoms with Gasteiger partial charge in [-0.2, -0.15) is 0 Å². The molecule has 0 aromatic heterocycles. The van der Waals surface area contributed by atoms with Crippen LogP contribution in [0.15, 0.2) is 112 Å². The summed E-state index contributed by atoms with van der Waals surface area (Å²) in [7, 11) is 0. The lowest BCUT2D eigenvalue weighted by Gasteiger charge is -2.50. The molecule has 8 aromatic carbocycles. The number of allylic oxidation sites excluding steroid dienone is 12. The summed E-state index contributed by atoms with van der Waals surface area (Å²) in [5.41, 5.74) is 65.7. The molecule has 146 heavy (non-hydrogen) atoms. The Bertz CT molecular complexity index is 6590. The molecule has 24 aliphatic rings. The van der Waals surface area contributed by atoms with E-state index in [1.54, 1.807) is 94.6 Å². The molecule has 0 aliphatic heterocycles. The van der Waals surface area contributed by atoms with E-state index in [1.165, 1.54) is 185 Å². The van der Waals surface area contributed by atoms with Gasteiger partial charge in [0.05, 0.1) is 0 Å². The Labute approximate surface area is 930 Å². The number of hydrogen-bond donors (Lipinski definition) is 0. The van der Waals surface area contributed by atoms with Gasteiger partial charge in [-0.3, -0.25) is 0 Å². The van der Waals surface area contributed by atoms with Crippen molar-refractivity contribution in [2.24, 2.45) is 160 Å². The maximum absolute atomic E-state index is 3.59. The SMILES string of the molecule is C1=CC2C=CC1C2.CCc1c(C)c(C)c2c(c1C)C1C3CC(C(C)C3C)C1C2.Cc1c(C)c(Br)c(C)c(C)c1Br.Cc1c(C)c(Br)c(C)c(C)c1Br.Cc1c(C)c(C)c2c(c1C)C1C3CC(C4c5c(C)c(C)c6c(c5CC34)CC3C4CC(C(C)C4C)C63)C21.Cc1c(C)c2c(c3c1C1C4C=CC(C4)C1C3)CC1C3C=CC(C3)C21.Cc1c2c(c(C)c3c1C1C4C=CC(C4)C1C3)C1C3C=CC(C3)C1C2.Cc1cc(Br)c(C)cc1Br. The molecule has 10 fully saturated rings. The van der Waals surface area contributed by atoms with E-state index in [0.29, 0.717) is 0 Å². The van der Waals surface area contributed by atoms with E-state index in [-0.39, 0.29) is 0 Å². The van der Waals surface area contributed by atoms with Crippen molar-refractivity contribution in [1.29, 1.82) is 0 Å². The first kappa shape index (κ1) is 102. The second-order valence-corrected chi connectivity index (χ2v) is 58.6.